The average Bonchev–Trinajstić information content (AvgIpc) is 2.64. The Bertz CT molecular complexity index is 594. The third-order valence-electron chi connectivity index (χ3n) is 4.53. The van der Waals surface area contributed by atoms with Crippen LogP contribution in [0.5, 0.6) is 0 Å². The zero-order valence-corrected chi connectivity index (χ0v) is 13.5. The molecule has 0 spiro atoms. The van der Waals surface area contributed by atoms with Gasteiger partial charge in [-0.2, -0.15) is 0 Å². The van der Waals surface area contributed by atoms with Crippen molar-refractivity contribution >= 4 is 12.1 Å². The molecule has 3 heteroatoms. The minimum Gasteiger partial charge on any atom is -0.280 e. The second-order valence-electron chi connectivity index (χ2n) is 6.16. The first-order valence-corrected chi connectivity index (χ1v) is 8.48. The Morgan fingerprint density at radius 1 is 0.870 bits per heavy atom. The van der Waals surface area contributed by atoms with Crippen LogP contribution < -0.4 is 5.01 Å². The molecule has 0 aromatic heterocycles. The van der Waals surface area contributed by atoms with Gasteiger partial charge in [0.05, 0.1) is 18.3 Å². The number of nitrogens with zero attached hydrogens (tertiary/aromatic N) is 2. The maximum absolute atomic E-state index is 11.9. The topological polar surface area (TPSA) is 23.6 Å². The SMILES string of the molecule is O=CN(Cc1ccccc1)N(c1ccccc1)C1CCCCC1. The molecular formula is C20H24N2O. The highest BCUT2D eigenvalue weighted by molar-refractivity contribution is 5.56. The van der Waals surface area contributed by atoms with Crippen molar-refractivity contribution in [2.45, 2.75) is 44.7 Å². The van der Waals surface area contributed by atoms with Gasteiger partial charge in [0.1, 0.15) is 0 Å². The number of hydrazine groups is 1. The van der Waals surface area contributed by atoms with Gasteiger partial charge in [-0.1, -0.05) is 67.8 Å². The van der Waals surface area contributed by atoms with Gasteiger partial charge >= 0.3 is 0 Å². The monoisotopic (exact) mass is 308 g/mol. The third-order valence-corrected chi connectivity index (χ3v) is 4.53. The van der Waals surface area contributed by atoms with Crippen molar-refractivity contribution in [1.29, 1.82) is 0 Å². The maximum Gasteiger partial charge on any atom is 0.228 e. The highest BCUT2D eigenvalue weighted by Crippen LogP contribution is 2.29. The van der Waals surface area contributed by atoms with E-state index in [1.54, 1.807) is 0 Å². The largest absolute Gasteiger partial charge is 0.280 e. The zero-order valence-electron chi connectivity index (χ0n) is 13.5. The normalized spacial score (nSPS) is 15.1. The summed E-state index contributed by atoms with van der Waals surface area (Å²) in [4.78, 5) is 11.9. The van der Waals surface area contributed by atoms with Crippen molar-refractivity contribution in [1.82, 2.24) is 5.01 Å². The van der Waals surface area contributed by atoms with E-state index in [2.05, 4.69) is 29.3 Å². The summed E-state index contributed by atoms with van der Waals surface area (Å²) in [6, 6.07) is 20.9. The van der Waals surface area contributed by atoms with Crippen LogP contribution in [0.2, 0.25) is 0 Å². The fourth-order valence-electron chi connectivity index (χ4n) is 3.41. The summed E-state index contributed by atoms with van der Waals surface area (Å²) < 4.78 is 0. The number of hydrogen-bond acceptors (Lipinski definition) is 2. The number of amides is 1. The van der Waals surface area contributed by atoms with Crippen molar-refractivity contribution in [3.63, 3.8) is 0 Å². The van der Waals surface area contributed by atoms with Crippen LogP contribution >= 0.6 is 0 Å². The van der Waals surface area contributed by atoms with Gasteiger partial charge in [-0.05, 0) is 30.5 Å². The van der Waals surface area contributed by atoms with Gasteiger partial charge in [0.25, 0.3) is 0 Å². The van der Waals surface area contributed by atoms with Gasteiger partial charge in [-0.25, -0.2) is 0 Å². The van der Waals surface area contributed by atoms with Gasteiger partial charge in [0.2, 0.25) is 6.41 Å². The highest BCUT2D eigenvalue weighted by atomic mass is 16.1. The molecular weight excluding hydrogens is 284 g/mol. The molecule has 0 heterocycles. The molecule has 0 saturated heterocycles. The number of hydrogen-bond donors (Lipinski definition) is 0. The Balaban J connectivity index is 1.87. The molecule has 0 N–H and O–H groups in total. The number of carbonyl (C=O) groups excluding carboxylic acids is 1. The minimum absolute atomic E-state index is 0.403. The van der Waals surface area contributed by atoms with Crippen LogP contribution in [0, 0.1) is 0 Å². The summed E-state index contributed by atoms with van der Waals surface area (Å²) in [5.41, 5.74) is 2.25. The lowest BCUT2D eigenvalue weighted by Gasteiger charge is -2.41. The molecule has 23 heavy (non-hydrogen) atoms. The van der Waals surface area contributed by atoms with E-state index >= 15 is 0 Å². The van der Waals surface area contributed by atoms with Crippen LogP contribution in [0.15, 0.2) is 60.7 Å². The van der Waals surface area contributed by atoms with Crippen LogP contribution in [0.3, 0.4) is 0 Å². The van der Waals surface area contributed by atoms with E-state index in [-0.39, 0.29) is 0 Å². The summed E-state index contributed by atoms with van der Waals surface area (Å²) in [5, 5.41) is 4.04. The second-order valence-corrected chi connectivity index (χ2v) is 6.16. The van der Waals surface area contributed by atoms with Crippen LogP contribution in [0.25, 0.3) is 0 Å². The molecule has 1 aliphatic carbocycles. The molecule has 1 amide bonds. The molecule has 0 unspecified atom stereocenters. The first-order valence-electron chi connectivity index (χ1n) is 8.48. The van der Waals surface area contributed by atoms with Gasteiger partial charge in [0.15, 0.2) is 0 Å². The summed E-state index contributed by atoms with van der Waals surface area (Å²) in [6.07, 6.45) is 7.05. The van der Waals surface area contributed by atoms with Crippen LogP contribution in [0.1, 0.15) is 37.7 Å². The molecule has 0 radical (unpaired) electrons. The Hall–Kier alpha value is -2.29. The maximum atomic E-state index is 11.9. The molecule has 0 atom stereocenters. The Morgan fingerprint density at radius 3 is 2.09 bits per heavy atom. The fourth-order valence-corrected chi connectivity index (χ4v) is 3.41. The van der Waals surface area contributed by atoms with Crippen LogP contribution in [-0.4, -0.2) is 17.5 Å². The van der Waals surface area contributed by atoms with Crippen molar-refractivity contribution in [3.8, 4) is 0 Å². The molecule has 1 fully saturated rings. The smallest absolute Gasteiger partial charge is 0.228 e. The highest BCUT2D eigenvalue weighted by Gasteiger charge is 2.26. The summed E-state index contributed by atoms with van der Waals surface area (Å²) >= 11 is 0. The number of rotatable bonds is 6. The molecule has 0 bridgehead atoms. The Morgan fingerprint density at radius 2 is 1.48 bits per heavy atom. The molecule has 120 valence electrons. The third kappa shape index (κ3) is 3.92. The fraction of sp³-hybridized carbons (Fsp3) is 0.350. The molecule has 0 aliphatic heterocycles. The average molecular weight is 308 g/mol. The summed E-state index contributed by atoms with van der Waals surface area (Å²) in [6.45, 7) is 0.607. The van der Waals surface area contributed by atoms with E-state index < -0.39 is 0 Å². The second kappa shape index (κ2) is 7.82. The van der Waals surface area contributed by atoms with Crippen LogP contribution in [0.4, 0.5) is 5.69 Å². The predicted octanol–water partition coefficient (Wildman–Crippen LogP) is 4.40. The summed E-state index contributed by atoms with van der Waals surface area (Å²) in [5.74, 6) is 0. The first kappa shape index (κ1) is 15.6. The minimum atomic E-state index is 0.403. The standard InChI is InChI=1S/C20H24N2O/c23-17-21(16-18-10-4-1-5-11-18)22(19-12-6-2-7-13-19)20-14-8-3-9-15-20/h1-2,4-7,10-13,17,20H,3,8-9,14-16H2. The van der Waals surface area contributed by atoms with Crippen molar-refractivity contribution in [2.24, 2.45) is 0 Å². The molecule has 3 rings (SSSR count). The first-order chi connectivity index (χ1) is 11.4. The lowest BCUT2D eigenvalue weighted by atomic mass is 9.94. The molecule has 2 aromatic carbocycles. The molecule has 1 saturated carbocycles. The quantitative estimate of drug-likeness (QED) is 0.583. The number of carbonyl (C=O) groups is 1. The molecule has 3 nitrogen and oxygen atoms in total. The van der Waals surface area contributed by atoms with E-state index in [9.17, 15) is 4.79 Å². The van der Waals surface area contributed by atoms with Crippen LogP contribution in [-0.2, 0) is 11.3 Å². The van der Waals surface area contributed by atoms with E-state index in [4.69, 9.17) is 0 Å². The predicted molar refractivity (Wildman–Crippen MR) is 93.8 cm³/mol. The van der Waals surface area contributed by atoms with E-state index in [1.165, 1.54) is 19.3 Å². The van der Waals surface area contributed by atoms with Gasteiger partial charge in [-0.3, -0.25) is 14.8 Å². The van der Waals surface area contributed by atoms with E-state index in [0.717, 1.165) is 30.5 Å². The Labute approximate surface area is 138 Å². The molecule has 1 aliphatic rings. The number of anilines is 1. The number of benzene rings is 2. The van der Waals surface area contributed by atoms with Gasteiger partial charge < -0.3 is 0 Å². The van der Waals surface area contributed by atoms with Crippen molar-refractivity contribution in [2.75, 3.05) is 5.01 Å². The van der Waals surface area contributed by atoms with Crippen molar-refractivity contribution < 1.29 is 4.79 Å². The van der Waals surface area contributed by atoms with Crippen molar-refractivity contribution in [3.05, 3.63) is 66.2 Å². The lowest BCUT2D eigenvalue weighted by Crippen LogP contribution is -2.49. The number of para-hydroxylation sites is 1. The van der Waals surface area contributed by atoms with E-state index in [1.807, 2.05) is 41.4 Å². The Kier molecular flexibility index (Phi) is 5.30. The van der Waals surface area contributed by atoms with E-state index in [0.29, 0.717) is 12.6 Å². The van der Waals surface area contributed by atoms with Gasteiger partial charge in [0, 0.05) is 0 Å². The zero-order chi connectivity index (χ0) is 15.9. The summed E-state index contributed by atoms with van der Waals surface area (Å²) in [7, 11) is 0. The lowest BCUT2D eigenvalue weighted by molar-refractivity contribution is -0.119. The van der Waals surface area contributed by atoms with Gasteiger partial charge in [-0.15, -0.1) is 0 Å². The molecule has 2 aromatic rings.